The summed E-state index contributed by atoms with van der Waals surface area (Å²) >= 11 is 0. The summed E-state index contributed by atoms with van der Waals surface area (Å²) in [6.45, 7) is 4.51. The van der Waals surface area contributed by atoms with Crippen LogP contribution in [0.2, 0.25) is 0 Å². The smallest absolute Gasteiger partial charge is 0.290 e. The summed E-state index contributed by atoms with van der Waals surface area (Å²) in [6.07, 6.45) is 2.89. The number of aromatic nitrogens is 2. The van der Waals surface area contributed by atoms with Gasteiger partial charge in [0.2, 0.25) is 5.91 Å². The van der Waals surface area contributed by atoms with Crippen LogP contribution in [0, 0.1) is 13.8 Å². The molecule has 2 heterocycles. The van der Waals surface area contributed by atoms with Crippen LogP contribution in [0.4, 0.5) is 5.82 Å². The SMILES string of the molecule is CNC(=O)C1(Nc2ccn(C)n2)CCN(C(=O)c2cc(C)cc(C)c2)CC1.O=CO.O=CO. The van der Waals surface area contributed by atoms with E-state index in [1.807, 2.05) is 50.2 Å². The van der Waals surface area contributed by atoms with E-state index in [4.69, 9.17) is 19.8 Å². The Morgan fingerprint density at radius 2 is 1.58 bits per heavy atom. The highest BCUT2D eigenvalue weighted by molar-refractivity contribution is 5.95. The number of carbonyl (C=O) groups excluding carboxylic acids is 2. The highest BCUT2D eigenvalue weighted by Gasteiger charge is 2.42. The summed E-state index contributed by atoms with van der Waals surface area (Å²) in [5.41, 5.74) is 2.10. The summed E-state index contributed by atoms with van der Waals surface area (Å²) in [5, 5.41) is 24.2. The van der Waals surface area contributed by atoms with Crippen LogP contribution < -0.4 is 10.6 Å². The van der Waals surface area contributed by atoms with E-state index in [0.717, 1.165) is 11.1 Å². The van der Waals surface area contributed by atoms with Crippen LogP contribution in [0.5, 0.6) is 0 Å². The second-order valence-electron chi connectivity index (χ2n) is 7.54. The highest BCUT2D eigenvalue weighted by atomic mass is 16.3. The van der Waals surface area contributed by atoms with Gasteiger partial charge in [-0.15, -0.1) is 0 Å². The number of nitrogens with zero attached hydrogens (tertiary/aromatic N) is 3. The van der Waals surface area contributed by atoms with Crippen molar-refractivity contribution in [3.05, 3.63) is 47.2 Å². The van der Waals surface area contributed by atoms with Gasteiger partial charge in [-0.3, -0.25) is 23.9 Å². The van der Waals surface area contributed by atoms with Gasteiger partial charge >= 0.3 is 0 Å². The number of benzene rings is 1. The molecular formula is C22H31N5O6. The Balaban J connectivity index is 0.000000819. The number of likely N-dealkylation sites (tertiary alicyclic amines) is 1. The first kappa shape index (κ1) is 27.1. The molecule has 3 rings (SSSR count). The number of carbonyl (C=O) groups is 4. The second kappa shape index (κ2) is 12.8. The average Bonchev–Trinajstić information content (AvgIpc) is 3.18. The van der Waals surface area contributed by atoms with E-state index in [-0.39, 0.29) is 24.8 Å². The lowest BCUT2D eigenvalue weighted by Gasteiger charge is -2.41. The number of hydrogen-bond donors (Lipinski definition) is 4. The number of likely N-dealkylation sites (N-methyl/N-ethyl adjacent to an activating group) is 1. The number of nitrogens with one attached hydrogen (secondary N) is 2. The number of carboxylic acid groups (broad SMARTS) is 2. The maximum Gasteiger partial charge on any atom is 0.290 e. The average molecular weight is 462 g/mol. The topological polar surface area (TPSA) is 154 Å². The van der Waals surface area contributed by atoms with Gasteiger partial charge in [-0.25, -0.2) is 0 Å². The van der Waals surface area contributed by atoms with Crippen molar-refractivity contribution in [2.75, 3.05) is 25.5 Å². The third-order valence-corrected chi connectivity index (χ3v) is 5.12. The maximum absolute atomic E-state index is 12.9. The van der Waals surface area contributed by atoms with Gasteiger partial charge in [0.05, 0.1) is 0 Å². The maximum atomic E-state index is 12.9. The van der Waals surface area contributed by atoms with Crippen molar-refractivity contribution in [3.8, 4) is 0 Å². The molecule has 0 bridgehead atoms. The van der Waals surface area contributed by atoms with Crippen molar-refractivity contribution < 1.29 is 29.4 Å². The molecule has 1 saturated heterocycles. The van der Waals surface area contributed by atoms with Crippen molar-refractivity contribution >= 4 is 30.6 Å². The summed E-state index contributed by atoms with van der Waals surface area (Å²) in [6, 6.07) is 7.74. The zero-order valence-electron chi connectivity index (χ0n) is 19.2. The summed E-state index contributed by atoms with van der Waals surface area (Å²) in [4.78, 5) is 44.1. The molecule has 11 nitrogen and oxygen atoms in total. The summed E-state index contributed by atoms with van der Waals surface area (Å²) in [5.74, 6) is 0.604. The summed E-state index contributed by atoms with van der Waals surface area (Å²) in [7, 11) is 3.47. The number of hydrogen-bond acceptors (Lipinski definition) is 6. The lowest BCUT2D eigenvalue weighted by Crippen LogP contribution is -2.58. The van der Waals surface area contributed by atoms with Gasteiger partial charge in [-0.2, -0.15) is 5.10 Å². The monoisotopic (exact) mass is 461 g/mol. The molecule has 0 radical (unpaired) electrons. The minimum Gasteiger partial charge on any atom is -0.483 e. The van der Waals surface area contributed by atoms with Crippen LogP contribution >= 0.6 is 0 Å². The molecule has 1 aliphatic rings. The fourth-order valence-electron chi connectivity index (χ4n) is 3.75. The van der Waals surface area contributed by atoms with Gasteiger partial charge in [0.1, 0.15) is 11.4 Å². The Hall–Kier alpha value is -3.89. The first-order valence-corrected chi connectivity index (χ1v) is 10.2. The lowest BCUT2D eigenvalue weighted by atomic mass is 9.86. The molecule has 2 aromatic rings. The minimum absolute atomic E-state index is 0.0187. The van der Waals surface area contributed by atoms with E-state index in [2.05, 4.69) is 21.8 Å². The van der Waals surface area contributed by atoms with Gasteiger partial charge in [0, 0.05) is 45.0 Å². The van der Waals surface area contributed by atoms with E-state index < -0.39 is 5.54 Å². The van der Waals surface area contributed by atoms with Gasteiger partial charge in [-0.1, -0.05) is 17.2 Å². The quantitative estimate of drug-likeness (QED) is 0.497. The fraction of sp³-hybridized carbons (Fsp3) is 0.409. The van der Waals surface area contributed by atoms with Crippen LogP contribution in [-0.4, -0.2) is 75.3 Å². The van der Waals surface area contributed by atoms with Crippen LogP contribution in [-0.2, 0) is 21.4 Å². The Bertz CT molecular complexity index is 924. The molecule has 180 valence electrons. The standard InChI is InChI=1S/C20H27N5O2.2CH2O2/c1-14-11-15(2)13-16(12-14)18(26)25-9-6-20(7-10-25,19(27)21-3)22-17-5-8-24(4)23-17;2*2-1-3/h5,8,11-13H,6-7,9-10H2,1-4H3,(H,21,27)(H,22,23);2*1H,(H,2,3). The number of rotatable bonds is 4. The zero-order valence-corrected chi connectivity index (χ0v) is 19.2. The lowest BCUT2D eigenvalue weighted by molar-refractivity contribution is -0.126. The number of amides is 2. The molecule has 0 aliphatic carbocycles. The molecule has 11 heteroatoms. The van der Waals surface area contributed by atoms with Crippen molar-refractivity contribution in [1.82, 2.24) is 20.0 Å². The molecule has 33 heavy (non-hydrogen) atoms. The predicted octanol–water partition coefficient (Wildman–Crippen LogP) is 1.27. The first-order chi connectivity index (χ1) is 15.7. The molecule has 0 saturated carbocycles. The van der Waals surface area contributed by atoms with E-state index in [0.29, 0.717) is 37.3 Å². The minimum atomic E-state index is -0.762. The number of piperidine rings is 1. The van der Waals surface area contributed by atoms with E-state index in [9.17, 15) is 9.59 Å². The van der Waals surface area contributed by atoms with Gasteiger partial charge in [0.15, 0.2) is 0 Å². The van der Waals surface area contributed by atoms with Crippen LogP contribution in [0.1, 0.15) is 34.3 Å². The van der Waals surface area contributed by atoms with E-state index in [1.54, 1.807) is 11.7 Å². The fourth-order valence-corrected chi connectivity index (χ4v) is 3.75. The van der Waals surface area contributed by atoms with Crippen molar-refractivity contribution in [3.63, 3.8) is 0 Å². The zero-order chi connectivity index (χ0) is 25.0. The highest BCUT2D eigenvalue weighted by Crippen LogP contribution is 2.28. The number of anilines is 1. The number of aryl methyl sites for hydroxylation is 3. The third kappa shape index (κ3) is 7.63. The molecule has 0 unspecified atom stereocenters. The molecule has 1 aromatic heterocycles. The van der Waals surface area contributed by atoms with Gasteiger partial charge in [-0.05, 0) is 38.8 Å². The molecular weight excluding hydrogens is 430 g/mol. The van der Waals surface area contributed by atoms with E-state index in [1.165, 1.54) is 0 Å². The van der Waals surface area contributed by atoms with E-state index >= 15 is 0 Å². The molecule has 0 spiro atoms. The Morgan fingerprint density at radius 1 is 1.06 bits per heavy atom. The van der Waals surface area contributed by atoms with Crippen molar-refractivity contribution in [2.24, 2.45) is 7.05 Å². The first-order valence-electron chi connectivity index (χ1n) is 10.2. The normalized spacial score (nSPS) is 13.9. The van der Waals surface area contributed by atoms with Crippen LogP contribution in [0.3, 0.4) is 0 Å². The third-order valence-electron chi connectivity index (χ3n) is 5.12. The largest absolute Gasteiger partial charge is 0.483 e. The second-order valence-corrected chi connectivity index (χ2v) is 7.54. The Morgan fingerprint density at radius 3 is 2.00 bits per heavy atom. The van der Waals surface area contributed by atoms with Crippen LogP contribution in [0.25, 0.3) is 0 Å². The molecule has 0 atom stereocenters. The van der Waals surface area contributed by atoms with Crippen molar-refractivity contribution in [2.45, 2.75) is 32.2 Å². The Kier molecular flexibility index (Phi) is 10.6. The molecule has 2 amide bonds. The van der Waals surface area contributed by atoms with Crippen LogP contribution in [0.15, 0.2) is 30.5 Å². The van der Waals surface area contributed by atoms with Crippen molar-refractivity contribution in [1.29, 1.82) is 0 Å². The van der Waals surface area contributed by atoms with Gasteiger partial charge < -0.3 is 25.7 Å². The molecule has 4 N–H and O–H groups in total. The Labute approximate surface area is 192 Å². The molecule has 1 fully saturated rings. The molecule has 1 aliphatic heterocycles. The molecule has 1 aromatic carbocycles. The summed E-state index contributed by atoms with van der Waals surface area (Å²) < 4.78 is 1.69. The predicted molar refractivity (Wildman–Crippen MR) is 122 cm³/mol. The van der Waals surface area contributed by atoms with Gasteiger partial charge in [0.25, 0.3) is 18.9 Å².